The van der Waals surface area contributed by atoms with Crippen molar-refractivity contribution in [3.05, 3.63) is 12.7 Å². The third kappa shape index (κ3) is 3.84. The zero-order valence-corrected chi connectivity index (χ0v) is 12.8. The molecule has 21 heavy (non-hydrogen) atoms. The molecule has 2 fully saturated rings. The van der Waals surface area contributed by atoms with Crippen LogP contribution in [0.1, 0.15) is 32.1 Å². The summed E-state index contributed by atoms with van der Waals surface area (Å²) in [4.78, 5) is 27.0. The maximum absolute atomic E-state index is 12.3. The molecule has 2 atom stereocenters. The van der Waals surface area contributed by atoms with E-state index in [0.29, 0.717) is 25.4 Å². The standard InChI is InChI=1S/C16H26N2O3/c1-3-15(20)17(2)11-16(21)18-9-8-14(19)13(10-18)12-6-4-5-7-12/h3,12-14,19H,1,4-11H2,2H3/t13-,14+/m0/s1. The predicted molar refractivity (Wildman–Crippen MR) is 80.5 cm³/mol. The molecule has 0 unspecified atom stereocenters. The number of aliphatic hydroxyl groups excluding tert-OH is 1. The summed E-state index contributed by atoms with van der Waals surface area (Å²) in [6, 6.07) is 0. The zero-order valence-electron chi connectivity index (χ0n) is 12.8. The molecule has 0 bridgehead atoms. The van der Waals surface area contributed by atoms with E-state index in [9.17, 15) is 14.7 Å². The molecule has 1 aliphatic carbocycles. The smallest absolute Gasteiger partial charge is 0.246 e. The van der Waals surface area contributed by atoms with Crippen LogP contribution in [0, 0.1) is 11.8 Å². The van der Waals surface area contributed by atoms with Crippen LogP contribution in [0.2, 0.25) is 0 Å². The van der Waals surface area contributed by atoms with Crippen molar-refractivity contribution in [2.75, 3.05) is 26.7 Å². The van der Waals surface area contributed by atoms with E-state index in [1.807, 2.05) is 4.90 Å². The SMILES string of the molecule is C=CC(=O)N(C)CC(=O)N1CC[C@@H](O)[C@H](C2CCCC2)C1. The number of rotatable bonds is 4. The highest BCUT2D eigenvalue weighted by molar-refractivity contribution is 5.90. The van der Waals surface area contributed by atoms with Crippen molar-refractivity contribution in [2.24, 2.45) is 11.8 Å². The number of carbonyl (C=O) groups excluding carboxylic acids is 2. The van der Waals surface area contributed by atoms with Crippen LogP contribution in [-0.2, 0) is 9.59 Å². The van der Waals surface area contributed by atoms with Gasteiger partial charge in [-0.15, -0.1) is 0 Å². The largest absolute Gasteiger partial charge is 0.393 e. The summed E-state index contributed by atoms with van der Waals surface area (Å²) in [5.41, 5.74) is 0. The first-order valence-corrected chi connectivity index (χ1v) is 7.86. The second-order valence-electron chi connectivity index (χ2n) is 6.30. The minimum atomic E-state index is -0.287. The van der Waals surface area contributed by atoms with Gasteiger partial charge in [-0.05, 0) is 18.4 Å². The summed E-state index contributed by atoms with van der Waals surface area (Å²) in [5, 5.41) is 10.2. The fourth-order valence-electron chi connectivity index (χ4n) is 3.58. The van der Waals surface area contributed by atoms with Gasteiger partial charge in [-0.3, -0.25) is 9.59 Å². The Hall–Kier alpha value is -1.36. The number of carbonyl (C=O) groups is 2. The molecular weight excluding hydrogens is 268 g/mol. The fourth-order valence-corrected chi connectivity index (χ4v) is 3.58. The molecule has 0 radical (unpaired) electrons. The van der Waals surface area contributed by atoms with Crippen LogP contribution in [0.15, 0.2) is 12.7 Å². The van der Waals surface area contributed by atoms with Gasteiger partial charge >= 0.3 is 0 Å². The van der Waals surface area contributed by atoms with Gasteiger partial charge in [0.05, 0.1) is 12.6 Å². The molecule has 0 aromatic rings. The number of hydrogen-bond acceptors (Lipinski definition) is 3. The number of piperidine rings is 1. The molecule has 1 saturated carbocycles. The van der Waals surface area contributed by atoms with Gasteiger partial charge in [0, 0.05) is 26.1 Å². The first-order valence-electron chi connectivity index (χ1n) is 7.86. The molecule has 2 rings (SSSR count). The summed E-state index contributed by atoms with van der Waals surface area (Å²) in [6.07, 6.45) is 6.37. The highest BCUT2D eigenvalue weighted by atomic mass is 16.3. The lowest BCUT2D eigenvalue weighted by Crippen LogP contribution is -2.50. The highest BCUT2D eigenvalue weighted by Crippen LogP contribution is 2.36. The van der Waals surface area contributed by atoms with Crippen molar-refractivity contribution >= 4 is 11.8 Å². The Balaban J connectivity index is 1.92. The average molecular weight is 294 g/mol. The summed E-state index contributed by atoms with van der Waals surface area (Å²) in [6.45, 7) is 4.72. The lowest BCUT2D eigenvalue weighted by atomic mass is 9.82. The molecule has 5 heteroatoms. The van der Waals surface area contributed by atoms with Crippen LogP contribution >= 0.6 is 0 Å². The van der Waals surface area contributed by atoms with Crippen LogP contribution in [-0.4, -0.2) is 59.5 Å². The Labute approximate surface area is 126 Å². The van der Waals surface area contributed by atoms with E-state index in [-0.39, 0.29) is 30.4 Å². The minimum Gasteiger partial charge on any atom is -0.393 e. The molecule has 1 N–H and O–H groups in total. The van der Waals surface area contributed by atoms with Gasteiger partial charge in [0.1, 0.15) is 0 Å². The van der Waals surface area contributed by atoms with Crippen LogP contribution in [0.3, 0.4) is 0 Å². The molecule has 1 saturated heterocycles. The van der Waals surface area contributed by atoms with E-state index < -0.39 is 0 Å². The third-order valence-corrected chi connectivity index (χ3v) is 4.90. The number of likely N-dealkylation sites (N-methyl/N-ethyl adjacent to an activating group) is 1. The van der Waals surface area contributed by atoms with Crippen molar-refractivity contribution < 1.29 is 14.7 Å². The van der Waals surface area contributed by atoms with E-state index in [1.54, 1.807) is 7.05 Å². The zero-order chi connectivity index (χ0) is 15.4. The Morgan fingerprint density at radius 3 is 2.62 bits per heavy atom. The topological polar surface area (TPSA) is 60.9 Å². The van der Waals surface area contributed by atoms with Crippen LogP contribution in [0.4, 0.5) is 0 Å². The average Bonchev–Trinajstić information content (AvgIpc) is 3.00. The molecule has 0 aromatic heterocycles. The second-order valence-corrected chi connectivity index (χ2v) is 6.30. The Morgan fingerprint density at radius 2 is 2.00 bits per heavy atom. The van der Waals surface area contributed by atoms with Gasteiger partial charge < -0.3 is 14.9 Å². The van der Waals surface area contributed by atoms with Crippen molar-refractivity contribution in [3.8, 4) is 0 Å². The van der Waals surface area contributed by atoms with E-state index in [4.69, 9.17) is 0 Å². The normalized spacial score (nSPS) is 26.7. The highest BCUT2D eigenvalue weighted by Gasteiger charge is 2.36. The lowest BCUT2D eigenvalue weighted by Gasteiger charge is -2.39. The van der Waals surface area contributed by atoms with Crippen molar-refractivity contribution in [3.63, 3.8) is 0 Å². The summed E-state index contributed by atoms with van der Waals surface area (Å²) < 4.78 is 0. The number of hydrogen-bond donors (Lipinski definition) is 1. The second kappa shape index (κ2) is 7.07. The molecule has 2 aliphatic rings. The molecular formula is C16H26N2O3. The summed E-state index contributed by atoms with van der Waals surface area (Å²) >= 11 is 0. The van der Waals surface area contributed by atoms with Gasteiger partial charge in [-0.1, -0.05) is 32.3 Å². The molecule has 0 spiro atoms. The quantitative estimate of drug-likeness (QED) is 0.788. The summed E-state index contributed by atoms with van der Waals surface area (Å²) in [5.74, 6) is 0.462. The molecule has 1 heterocycles. The molecule has 118 valence electrons. The molecule has 0 aromatic carbocycles. The number of amides is 2. The first-order chi connectivity index (χ1) is 10.0. The summed E-state index contributed by atoms with van der Waals surface area (Å²) in [7, 11) is 1.61. The van der Waals surface area contributed by atoms with E-state index in [0.717, 1.165) is 0 Å². The van der Waals surface area contributed by atoms with Gasteiger partial charge in [-0.2, -0.15) is 0 Å². The molecule has 5 nitrogen and oxygen atoms in total. The predicted octanol–water partition coefficient (Wildman–Crippen LogP) is 1.03. The lowest BCUT2D eigenvalue weighted by molar-refractivity contribution is -0.140. The monoisotopic (exact) mass is 294 g/mol. The maximum Gasteiger partial charge on any atom is 0.246 e. The number of likely N-dealkylation sites (tertiary alicyclic amines) is 1. The van der Waals surface area contributed by atoms with Crippen molar-refractivity contribution in [1.29, 1.82) is 0 Å². The van der Waals surface area contributed by atoms with Crippen LogP contribution in [0.5, 0.6) is 0 Å². The van der Waals surface area contributed by atoms with Gasteiger partial charge in [-0.25, -0.2) is 0 Å². The van der Waals surface area contributed by atoms with Gasteiger partial charge in [0.15, 0.2) is 0 Å². The number of aliphatic hydroxyl groups is 1. The maximum atomic E-state index is 12.3. The molecule has 2 amide bonds. The van der Waals surface area contributed by atoms with Crippen molar-refractivity contribution in [2.45, 2.75) is 38.2 Å². The Bertz CT molecular complexity index is 404. The van der Waals surface area contributed by atoms with E-state index in [1.165, 1.54) is 36.7 Å². The Morgan fingerprint density at radius 1 is 1.33 bits per heavy atom. The first kappa shape index (κ1) is 16.0. The minimum absolute atomic E-state index is 0.0393. The number of nitrogens with zero attached hydrogens (tertiary/aromatic N) is 2. The third-order valence-electron chi connectivity index (χ3n) is 4.90. The molecule has 1 aliphatic heterocycles. The van der Waals surface area contributed by atoms with Gasteiger partial charge in [0.25, 0.3) is 0 Å². The fraction of sp³-hybridized carbons (Fsp3) is 0.750. The van der Waals surface area contributed by atoms with Crippen molar-refractivity contribution in [1.82, 2.24) is 9.80 Å². The van der Waals surface area contributed by atoms with Gasteiger partial charge in [0.2, 0.25) is 11.8 Å². The van der Waals surface area contributed by atoms with Crippen LogP contribution in [0.25, 0.3) is 0 Å². The van der Waals surface area contributed by atoms with E-state index in [2.05, 4.69) is 6.58 Å². The van der Waals surface area contributed by atoms with E-state index >= 15 is 0 Å². The Kier molecular flexibility index (Phi) is 5.39. The van der Waals surface area contributed by atoms with Crippen LogP contribution < -0.4 is 0 Å².